The largest absolute Gasteiger partial charge is 0.548 e. The molecule has 0 radical (unpaired) electrons. The zero-order chi connectivity index (χ0) is 19.3. The molecule has 0 bridgehead atoms. The molecule has 0 aliphatic carbocycles. The average molecular weight is 368 g/mol. The Morgan fingerprint density at radius 2 is 1.89 bits per heavy atom. The van der Waals surface area contributed by atoms with Gasteiger partial charge in [0.25, 0.3) is 5.56 Å². The minimum atomic E-state index is -1.49. The minimum absolute atomic E-state index is 0.227. The standard InChI is InChI=1S/C18H19N5O4/c1-11-4-6-12(7-5-11)21-8-3-9-22-14-15(19-17(21)22)20(2)18(27)23(16(14)26)10-13(24)25/h4-7H,3,8-10H2,1-2H3,(H,24,25)/p-1. The highest BCUT2D eigenvalue weighted by atomic mass is 16.4. The highest BCUT2D eigenvalue weighted by Crippen LogP contribution is 2.30. The quantitative estimate of drug-likeness (QED) is 0.617. The first-order chi connectivity index (χ1) is 12.9. The van der Waals surface area contributed by atoms with E-state index in [9.17, 15) is 19.5 Å². The summed E-state index contributed by atoms with van der Waals surface area (Å²) in [6.07, 6.45) is 0.787. The summed E-state index contributed by atoms with van der Waals surface area (Å²) in [6, 6.07) is 7.97. The molecule has 9 nitrogen and oxygen atoms in total. The van der Waals surface area contributed by atoms with Crippen LogP contribution in [0.2, 0.25) is 0 Å². The molecule has 0 fully saturated rings. The molecule has 0 amide bonds. The zero-order valence-corrected chi connectivity index (χ0v) is 15.0. The van der Waals surface area contributed by atoms with Crippen molar-refractivity contribution in [3.8, 4) is 0 Å². The number of carbonyl (C=O) groups excluding carboxylic acids is 1. The zero-order valence-electron chi connectivity index (χ0n) is 15.0. The second-order valence-electron chi connectivity index (χ2n) is 6.68. The van der Waals surface area contributed by atoms with Crippen molar-refractivity contribution in [1.29, 1.82) is 0 Å². The van der Waals surface area contributed by atoms with Crippen molar-refractivity contribution in [2.45, 2.75) is 26.4 Å². The van der Waals surface area contributed by atoms with Crippen LogP contribution in [0.1, 0.15) is 12.0 Å². The van der Waals surface area contributed by atoms with Gasteiger partial charge in [-0.15, -0.1) is 0 Å². The number of anilines is 2. The highest BCUT2D eigenvalue weighted by molar-refractivity contribution is 5.77. The van der Waals surface area contributed by atoms with Crippen LogP contribution in [-0.4, -0.2) is 31.2 Å². The number of imidazole rings is 1. The molecule has 1 aliphatic heterocycles. The number of rotatable bonds is 3. The van der Waals surface area contributed by atoms with Crippen LogP contribution in [-0.2, 0) is 24.9 Å². The number of nitrogens with zero attached hydrogens (tertiary/aromatic N) is 5. The summed E-state index contributed by atoms with van der Waals surface area (Å²) in [6.45, 7) is 2.51. The Bertz CT molecular complexity index is 1170. The third kappa shape index (κ3) is 2.62. The normalized spacial score (nSPS) is 13.8. The summed E-state index contributed by atoms with van der Waals surface area (Å²) in [5.74, 6) is -0.924. The van der Waals surface area contributed by atoms with E-state index in [2.05, 4.69) is 4.98 Å². The molecule has 2 aromatic heterocycles. The van der Waals surface area contributed by atoms with Crippen molar-refractivity contribution < 1.29 is 9.90 Å². The maximum Gasteiger partial charge on any atom is 0.332 e. The van der Waals surface area contributed by atoms with Crippen LogP contribution in [0.4, 0.5) is 11.6 Å². The van der Waals surface area contributed by atoms with E-state index in [1.54, 1.807) is 4.57 Å². The molecule has 0 unspecified atom stereocenters. The van der Waals surface area contributed by atoms with Crippen LogP contribution >= 0.6 is 0 Å². The van der Waals surface area contributed by atoms with Gasteiger partial charge in [0.2, 0.25) is 5.95 Å². The van der Waals surface area contributed by atoms with Crippen molar-refractivity contribution in [2.75, 3.05) is 11.4 Å². The number of benzene rings is 1. The molecular formula is C18H18N5O4-. The summed E-state index contributed by atoms with van der Waals surface area (Å²) in [5.41, 5.74) is 1.16. The smallest absolute Gasteiger partial charge is 0.332 e. The number of hydrogen-bond donors (Lipinski definition) is 0. The maximum absolute atomic E-state index is 12.8. The summed E-state index contributed by atoms with van der Waals surface area (Å²) >= 11 is 0. The van der Waals surface area contributed by atoms with E-state index in [4.69, 9.17) is 0 Å². The lowest BCUT2D eigenvalue weighted by Gasteiger charge is -2.29. The van der Waals surface area contributed by atoms with Gasteiger partial charge in [-0.1, -0.05) is 17.7 Å². The Balaban J connectivity index is 1.98. The van der Waals surface area contributed by atoms with E-state index in [1.807, 2.05) is 36.1 Å². The fourth-order valence-electron chi connectivity index (χ4n) is 3.50. The summed E-state index contributed by atoms with van der Waals surface area (Å²) in [5, 5.41) is 11.0. The summed E-state index contributed by atoms with van der Waals surface area (Å²) in [4.78, 5) is 42.8. The van der Waals surface area contributed by atoms with Crippen molar-refractivity contribution in [1.82, 2.24) is 18.7 Å². The van der Waals surface area contributed by atoms with Gasteiger partial charge in [-0.3, -0.25) is 13.9 Å². The number of fused-ring (bicyclic) bond motifs is 3. The van der Waals surface area contributed by atoms with Gasteiger partial charge in [-0.2, -0.15) is 4.98 Å². The van der Waals surface area contributed by atoms with Crippen LogP contribution in [0.25, 0.3) is 11.2 Å². The molecule has 140 valence electrons. The molecule has 0 N–H and O–H groups in total. The molecular weight excluding hydrogens is 350 g/mol. The molecule has 27 heavy (non-hydrogen) atoms. The van der Waals surface area contributed by atoms with Gasteiger partial charge in [-0.25, -0.2) is 4.79 Å². The van der Waals surface area contributed by atoms with Gasteiger partial charge in [0, 0.05) is 25.8 Å². The van der Waals surface area contributed by atoms with Crippen LogP contribution in [0, 0.1) is 6.92 Å². The van der Waals surface area contributed by atoms with Gasteiger partial charge in [0.15, 0.2) is 11.2 Å². The van der Waals surface area contributed by atoms with Crippen LogP contribution < -0.4 is 21.3 Å². The van der Waals surface area contributed by atoms with Crippen LogP contribution in [0.3, 0.4) is 0 Å². The topological polar surface area (TPSA) is 105 Å². The lowest BCUT2D eigenvalue weighted by molar-refractivity contribution is -0.306. The molecule has 0 spiro atoms. The number of carboxylic acid groups (broad SMARTS) is 1. The second kappa shape index (κ2) is 6.11. The lowest BCUT2D eigenvalue weighted by Crippen LogP contribution is -2.44. The van der Waals surface area contributed by atoms with E-state index in [1.165, 1.54) is 11.6 Å². The number of carboxylic acids is 1. The van der Waals surface area contributed by atoms with E-state index >= 15 is 0 Å². The van der Waals surface area contributed by atoms with E-state index in [0.717, 1.165) is 24.2 Å². The molecule has 1 aromatic carbocycles. The molecule has 0 saturated heterocycles. The molecule has 9 heteroatoms. The van der Waals surface area contributed by atoms with Gasteiger partial charge < -0.3 is 19.4 Å². The molecule has 4 rings (SSSR count). The monoisotopic (exact) mass is 368 g/mol. The van der Waals surface area contributed by atoms with E-state index in [0.29, 0.717) is 17.1 Å². The SMILES string of the molecule is Cc1ccc(N2CCCn3c2nc2c3c(=O)n(CC(=O)[O-])c(=O)n2C)cc1. The fourth-order valence-corrected chi connectivity index (χ4v) is 3.50. The van der Waals surface area contributed by atoms with Crippen molar-refractivity contribution in [2.24, 2.45) is 7.05 Å². The molecule has 3 aromatic rings. The second-order valence-corrected chi connectivity index (χ2v) is 6.68. The van der Waals surface area contributed by atoms with Gasteiger partial charge in [0.05, 0.1) is 12.5 Å². The first-order valence-corrected chi connectivity index (χ1v) is 8.62. The summed E-state index contributed by atoms with van der Waals surface area (Å²) in [7, 11) is 1.48. The number of carbonyl (C=O) groups is 1. The fraction of sp³-hybridized carbons (Fsp3) is 0.333. The van der Waals surface area contributed by atoms with Crippen molar-refractivity contribution >= 4 is 28.8 Å². The lowest BCUT2D eigenvalue weighted by atomic mass is 10.2. The first kappa shape index (κ1) is 17.1. The molecule has 1 aliphatic rings. The predicted molar refractivity (Wildman–Crippen MR) is 97.0 cm³/mol. The number of aryl methyl sites for hydroxylation is 3. The molecule has 0 saturated carbocycles. The summed E-state index contributed by atoms with van der Waals surface area (Å²) < 4.78 is 3.64. The number of hydrogen-bond acceptors (Lipinski definition) is 6. The maximum atomic E-state index is 12.8. The average Bonchev–Trinajstić information content (AvgIpc) is 3.04. The minimum Gasteiger partial charge on any atom is -0.548 e. The van der Waals surface area contributed by atoms with Gasteiger partial charge >= 0.3 is 5.69 Å². The molecule has 0 atom stereocenters. The number of aromatic nitrogens is 4. The van der Waals surface area contributed by atoms with E-state index in [-0.39, 0.29) is 11.2 Å². The Morgan fingerprint density at radius 1 is 1.19 bits per heavy atom. The van der Waals surface area contributed by atoms with Crippen molar-refractivity contribution in [3.63, 3.8) is 0 Å². The Hall–Kier alpha value is -3.36. The van der Waals surface area contributed by atoms with Gasteiger partial charge in [-0.05, 0) is 25.5 Å². The van der Waals surface area contributed by atoms with Crippen molar-refractivity contribution in [3.05, 3.63) is 50.7 Å². The Kier molecular flexibility index (Phi) is 3.87. The highest BCUT2D eigenvalue weighted by Gasteiger charge is 2.26. The van der Waals surface area contributed by atoms with Crippen LogP contribution in [0.5, 0.6) is 0 Å². The van der Waals surface area contributed by atoms with Crippen LogP contribution in [0.15, 0.2) is 33.9 Å². The first-order valence-electron chi connectivity index (χ1n) is 8.62. The third-order valence-corrected chi connectivity index (χ3v) is 4.85. The van der Waals surface area contributed by atoms with Gasteiger partial charge in [0.1, 0.15) is 0 Å². The Morgan fingerprint density at radius 3 is 2.56 bits per heavy atom. The molecule has 3 heterocycles. The third-order valence-electron chi connectivity index (χ3n) is 4.85. The Labute approximate surface area is 153 Å². The number of aliphatic carboxylic acids is 1. The van der Waals surface area contributed by atoms with E-state index < -0.39 is 23.8 Å². The predicted octanol–water partition coefficient (Wildman–Crippen LogP) is -0.503.